The van der Waals surface area contributed by atoms with E-state index in [0.717, 1.165) is 47.8 Å². The molecule has 1 saturated carbocycles. The standard InChI is InChI=1S/C15H19N3O2S2/c1-2-4-11-14(22-18-17-11)15(20)16-13(9-7-10(19)8-9)12-5-3-6-21-12/h3,5-6,9-10,13,19H,2,4,7-8H2,1H3,(H,16,20). The van der Waals surface area contributed by atoms with Gasteiger partial charge in [0.25, 0.3) is 5.91 Å². The summed E-state index contributed by atoms with van der Waals surface area (Å²) in [6.07, 6.45) is 2.96. The van der Waals surface area contributed by atoms with Gasteiger partial charge in [0.05, 0.1) is 17.8 Å². The number of thiophene rings is 1. The summed E-state index contributed by atoms with van der Waals surface area (Å²) in [6, 6.07) is 4.00. The molecule has 1 aliphatic rings. The molecule has 0 aromatic carbocycles. The Morgan fingerprint density at radius 2 is 2.36 bits per heavy atom. The highest BCUT2D eigenvalue weighted by Crippen LogP contribution is 2.39. The number of carbonyl (C=O) groups excluding carboxylic acids is 1. The van der Waals surface area contributed by atoms with Gasteiger partial charge >= 0.3 is 0 Å². The van der Waals surface area contributed by atoms with Crippen molar-refractivity contribution in [2.45, 2.75) is 44.8 Å². The Labute approximate surface area is 137 Å². The van der Waals surface area contributed by atoms with Crippen LogP contribution < -0.4 is 5.32 Å². The Morgan fingerprint density at radius 1 is 1.55 bits per heavy atom. The van der Waals surface area contributed by atoms with Gasteiger partial charge in [-0.25, -0.2) is 0 Å². The molecule has 2 heterocycles. The Balaban J connectivity index is 1.75. The van der Waals surface area contributed by atoms with Crippen LogP contribution in [0.4, 0.5) is 0 Å². The van der Waals surface area contributed by atoms with E-state index in [4.69, 9.17) is 0 Å². The summed E-state index contributed by atoms with van der Waals surface area (Å²) in [4.78, 5) is 14.3. The molecular weight excluding hydrogens is 318 g/mol. The van der Waals surface area contributed by atoms with E-state index >= 15 is 0 Å². The Hall–Kier alpha value is -1.31. The number of aromatic nitrogens is 2. The van der Waals surface area contributed by atoms with Crippen LogP contribution in [0, 0.1) is 5.92 Å². The smallest absolute Gasteiger partial charge is 0.265 e. The number of rotatable bonds is 6. The highest BCUT2D eigenvalue weighted by atomic mass is 32.1. The van der Waals surface area contributed by atoms with Crippen LogP contribution in [0.3, 0.4) is 0 Å². The largest absolute Gasteiger partial charge is 0.393 e. The van der Waals surface area contributed by atoms with Gasteiger partial charge in [0, 0.05) is 4.88 Å². The van der Waals surface area contributed by atoms with Gasteiger partial charge in [-0.2, -0.15) is 0 Å². The van der Waals surface area contributed by atoms with Gasteiger partial charge in [0.2, 0.25) is 0 Å². The molecule has 5 nitrogen and oxygen atoms in total. The van der Waals surface area contributed by atoms with Crippen LogP contribution in [0.1, 0.15) is 52.5 Å². The molecule has 22 heavy (non-hydrogen) atoms. The molecule has 0 bridgehead atoms. The van der Waals surface area contributed by atoms with Crippen LogP contribution in [0.2, 0.25) is 0 Å². The number of aryl methyl sites for hydroxylation is 1. The molecular formula is C15H19N3O2S2. The molecule has 0 aliphatic heterocycles. The van der Waals surface area contributed by atoms with Crippen molar-refractivity contribution in [1.82, 2.24) is 14.9 Å². The topological polar surface area (TPSA) is 75.1 Å². The predicted octanol–water partition coefficient (Wildman–Crippen LogP) is 2.79. The van der Waals surface area contributed by atoms with Gasteiger partial charge in [-0.15, -0.1) is 16.4 Å². The number of carbonyl (C=O) groups is 1. The van der Waals surface area contributed by atoms with Crippen molar-refractivity contribution in [2.75, 3.05) is 0 Å². The maximum absolute atomic E-state index is 12.6. The first-order valence-electron chi connectivity index (χ1n) is 7.52. The summed E-state index contributed by atoms with van der Waals surface area (Å²) in [5.74, 6) is 0.200. The summed E-state index contributed by atoms with van der Waals surface area (Å²) < 4.78 is 3.92. The molecule has 1 amide bonds. The van der Waals surface area contributed by atoms with Crippen molar-refractivity contribution < 1.29 is 9.90 Å². The molecule has 7 heteroatoms. The summed E-state index contributed by atoms with van der Waals surface area (Å²) in [5.41, 5.74) is 0.781. The van der Waals surface area contributed by atoms with E-state index in [9.17, 15) is 9.90 Å². The van der Waals surface area contributed by atoms with Crippen LogP contribution in [0.25, 0.3) is 0 Å². The van der Waals surface area contributed by atoms with Crippen LogP contribution in [0.15, 0.2) is 17.5 Å². The van der Waals surface area contributed by atoms with E-state index in [2.05, 4.69) is 21.8 Å². The minimum absolute atomic E-state index is 0.0347. The van der Waals surface area contributed by atoms with Gasteiger partial charge in [0.15, 0.2) is 0 Å². The fraction of sp³-hybridized carbons (Fsp3) is 0.533. The van der Waals surface area contributed by atoms with Crippen molar-refractivity contribution in [3.8, 4) is 0 Å². The van der Waals surface area contributed by atoms with E-state index in [-0.39, 0.29) is 18.1 Å². The second kappa shape index (κ2) is 6.85. The molecule has 1 fully saturated rings. The lowest BCUT2D eigenvalue weighted by molar-refractivity contribution is 0.0241. The van der Waals surface area contributed by atoms with Crippen molar-refractivity contribution in [3.05, 3.63) is 33.0 Å². The molecule has 118 valence electrons. The maximum atomic E-state index is 12.6. The SMILES string of the molecule is CCCc1nnsc1C(=O)NC(c1cccs1)C1CC(O)C1. The zero-order chi connectivity index (χ0) is 15.5. The van der Waals surface area contributed by atoms with E-state index in [1.807, 2.05) is 17.5 Å². The molecule has 0 saturated heterocycles. The molecule has 3 rings (SSSR count). The summed E-state index contributed by atoms with van der Waals surface area (Å²) in [5, 5.41) is 18.8. The number of nitrogens with one attached hydrogen (secondary N) is 1. The average Bonchev–Trinajstić information content (AvgIpc) is 3.13. The van der Waals surface area contributed by atoms with E-state index in [0.29, 0.717) is 10.8 Å². The molecule has 1 unspecified atom stereocenters. The monoisotopic (exact) mass is 337 g/mol. The maximum Gasteiger partial charge on any atom is 0.265 e. The third-order valence-corrected chi connectivity index (χ3v) is 5.73. The molecule has 2 aromatic heterocycles. The van der Waals surface area contributed by atoms with Crippen LogP contribution in [-0.2, 0) is 6.42 Å². The number of hydrogen-bond donors (Lipinski definition) is 2. The van der Waals surface area contributed by atoms with Crippen LogP contribution >= 0.6 is 22.9 Å². The highest BCUT2D eigenvalue weighted by Gasteiger charge is 2.36. The quantitative estimate of drug-likeness (QED) is 0.850. The molecule has 0 radical (unpaired) electrons. The Morgan fingerprint density at radius 3 is 3.00 bits per heavy atom. The van der Waals surface area contributed by atoms with Gasteiger partial charge in [-0.05, 0) is 48.2 Å². The molecule has 2 aromatic rings. The number of aliphatic hydroxyl groups is 1. The molecule has 1 atom stereocenters. The van der Waals surface area contributed by atoms with Crippen molar-refractivity contribution in [3.63, 3.8) is 0 Å². The number of nitrogens with zero attached hydrogens (tertiary/aromatic N) is 2. The lowest BCUT2D eigenvalue weighted by Crippen LogP contribution is -2.41. The molecule has 2 N–H and O–H groups in total. The lowest BCUT2D eigenvalue weighted by Gasteiger charge is -2.37. The first-order valence-corrected chi connectivity index (χ1v) is 9.18. The fourth-order valence-electron chi connectivity index (χ4n) is 2.78. The van der Waals surface area contributed by atoms with Gasteiger partial charge in [-0.1, -0.05) is 23.9 Å². The zero-order valence-electron chi connectivity index (χ0n) is 12.4. The summed E-state index contributed by atoms with van der Waals surface area (Å²) >= 11 is 2.79. The van der Waals surface area contributed by atoms with Gasteiger partial charge in [-0.3, -0.25) is 4.79 Å². The first kappa shape index (κ1) is 15.6. The Kier molecular flexibility index (Phi) is 4.85. The first-order chi connectivity index (χ1) is 10.7. The van der Waals surface area contributed by atoms with Crippen LogP contribution in [0.5, 0.6) is 0 Å². The van der Waals surface area contributed by atoms with E-state index in [1.165, 1.54) is 0 Å². The van der Waals surface area contributed by atoms with Crippen LogP contribution in [-0.4, -0.2) is 26.7 Å². The third kappa shape index (κ3) is 3.21. The molecule has 1 aliphatic carbocycles. The number of hydrogen-bond acceptors (Lipinski definition) is 6. The highest BCUT2D eigenvalue weighted by molar-refractivity contribution is 7.10. The lowest BCUT2D eigenvalue weighted by atomic mass is 9.76. The fourth-order valence-corrected chi connectivity index (χ4v) is 4.26. The van der Waals surface area contributed by atoms with E-state index in [1.54, 1.807) is 11.3 Å². The number of amides is 1. The average molecular weight is 337 g/mol. The summed E-state index contributed by atoms with van der Waals surface area (Å²) in [6.45, 7) is 2.06. The minimum Gasteiger partial charge on any atom is -0.393 e. The van der Waals surface area contributed by atoms with Crippen molar-refractivity contribution in [1.29, 1.82) is 0 Å². The second-order valence-electron chi connectivity index (χ2n) is 5.65. The minimum atomic E-state index is -0.231. The normalized spacial score (nSPS) is 22.1. The zero-order valence-corrected chi connectivity index (χ0v) is 14.0. The van der Waals surface area contributed by atoms with Gasteiger partial charge in [0.1, 0.15) is 4.88 Å². The summed E-state index contributed by atoms with van der Waals surface area (Å²) in [7, 11) is 0. The van der Waals surface area contributed by atoms with Gasteiger partial charge < -0.3 is 10.4 Å². The predicted molar refractivity (Wildman–Crippen MR) is 87.2 cm³/mol. The third-order valence-electron chi connectivity index (χ3n) is 4.01. The second-order valence-corrected chi connectivity index (χ2v) is 7.38. The number of aliphatic hydroxyl groups excluding tert-OH is 1. The van der Waals surface area contributed by atoms with Crippen molar-refractivity contribution >= 4 is 28.8 Å². The van der Waals surface area contributed by atoms with Crippen molar-refractivity contribution in [2.24, 2.45) is 5.92 Å². The molecule has 0 spiro atoms. The van der Waals surface area contributed by atoms with E-state index < -0.39 is 0 Å². The Bertz CT molecular complexity index is 621.